The van der Waals surface area contributed by atoms with Gasteiger partial charge in [0.25, 0.3) is 0 Å². The molecule has 2 fully saturated rings. The van der Waals surface area contributed by atoms with Crippen molar-refractivity contribution in [2.24, 2.45) is 11.8 Å². The van der Waals surface area contributed by atoms with Gasteiger partial charge in [-0.2, -0.15) is 0 Å². The van der Waals surface area contributed by atoms with E-state index in [9.17, 15) is 18.7 Å². The van der Waals surface area contributed by atoms with Gasteiger partial charge in [0, 0.05) is 12.0 Å². The molecule has 0 spiro atoms. The summed E-state index contributed by atoms with van der Waals surface area (Å²) in [6.45, 7) is 6.14. The van der Waals surface area contributed by atoms with Crippen LogP contribution in [0.25, 0.3) is 5.57 Å². The van der Waals surface area contributed by atoms with Gasteiger partial charge in [0.15, 0.2) is 5.78 Å². The van der Waals surface area contributed by atoms with E-state index in [2.05, 4.69) is 26.0 Å². The van der Waals surface area contributed by atoms with E-state index in [0.29, 0.717) is 17.6 Å². The number of allylic oxidation sites excluding steroid dienone is 1. The molecule has 2 aromatic rings. The van der Waals surface area contributed by atoms with Crippen molar-refractivity contribution in [1.29, 1.82) is 0 Å². The van der Waals surface area contributed by atoms with Crippen LogP contribution in [-0.2, 0) is 22.4 Å². The lowest BCUT2D eigenvalue weighted by atomic mass is 9.72. The Bertz CT molecular complexity index is 1090. The molecular weight excluding hydrogens is 398 g/mol. The number of carbonyl (C=O) groups is 1. The standard InChI is InChI=1S/C26H26F2O3/c1-4-13-8-12(3)9-14(5-2)20(13)22-24(29)21-19-11-17(26(31-19)23(21)25(22)30)16-7-6-15(27)10-18(16)28/h6-10,17,19,21,23,26,30H,4-5,11H2,1-3H3/t17-,19-,21-,23+,26+/m0/s1. The summed E-state index contributed by atoms with van der Waals surface area (Å²) in [7, 11) is 0. The zero-order valence-electron chi connectivity index (χ0n) is 17.9. The normalized spacial score (nSPS) is 29.2. The van der Waals surface area contributed by atoms with E-state index in [1.807, 2.05) is 6.92 Å². The zero-order chi connectivity index (χ0) is 22.0. The number of fused-ring (bicyclic) bond motifs is 5. The quantitative estimate of drug-likeness (QED) is 0.711. The lowest BCUT2D eigenvalue weighted by molar-refractivity contribution is -0.118. The summed E-state index contributed by atoms with van der Waals surface area (Å²) in [5, 5.41) is 11.3. The second-order valence-corrected chi connectivity index (χ2v) is 8.99. The van der Waals surface area contributed by atoms with Gasteiger partial charge in [-0.25, -0.2) is 8.78 Å². The molecule has 5 heteroatoms. The van der Waals surface area contributed by atoms with E-state index in [-0.39, 0.29) is 23.6 Å². The maximum atomic E-state index is 14.5. The van der Waals surface area contributed by atoms with Crippen LogP contribution in [0.3, 0.4) is 0 Å². The molecule has 2 heterocycles. The van der Waals surface area contributed by atoms with Gasteiger partial charge in [-0.05, 0) is 54.5 Å². The van der Waals surface area contributed by atoms with Crippen LogP contribution in [0.2, 0.25) is 0 Å². The van der Waals surface area contributed by atoms with Crippen molar-refractivity contribution in [2.45, 2.75) is 58.2 Å². The minimum atomic E-state index is -0.622. The average Bonchev–Trinajstić information content (AvgIpc) is 3.39. The fourth-order valence-electron chi connectivity index (χ4n) is 6.03. The van der Waals surface area contributed by atoms with Crippen molar-refractivity contribution in [3.8, 4) is 0 Å². The van der Waals surface area contributed by atoms with Crippen molar-refractivity contribution in [1.82, 2.24) is 0 Å². The Balaban J connectivity index is 1.60. The summed E-state index contributed by atoms with van der Waals surface area (Å²) >= 11 is 0. The molecule has 2 bridgehead atoms. The number of hydrogen-bond acceptors (Lipinski definition) is 3. The summed E-state index contributed by atoms with van der Waals surface area (Å²) in [4.78, 5) is 13.5. The average molecular weight is 424 g/mol. The van der Waals surface area contributed by atoms with Gasteiger partial charge in [-0.15, -0.1) is 0 Å². The van der Waals surface area contributed by atoms with Gasteiger partial charge < -0.3 is 9.84 Å². The van der Waals surface area contributed by atoms with Crippen molar-refractivity contribution < 1.29 is 23.4 Å². The fraction of sp³-hybridized carbons (Fsp3) is 0.423. The van der Waals surface area contributed by atoms with Crippen LogP contribution in [0, 0.1) is 30.4 Å². The Morgan fingerprint density at radius 2 is 1.74 bits per heavy atom. The van der Waals surface area contributed by atoms with E-state index in [1.54, 1.807) is 0 Å². The Morgan fingerprint density at radius 1 is 1.06 bits per heavy atom. The molecule has 3 aliphatic rings. The molecule has 2 aliphatic heterocycles. The first-order valence-electron chi connectivity index (χ1n) is 11.1. The maximum Gasteiger partial charge on any atom is 0.173 e. The second kappa shape index (κ2) is 7.27. The molecule has 0 saturated carbocycles. The molecule has 31 heavy (non-hydrogen) atoms. The SMILES string of the molecule is CCc1cc(C)cc(CC)c1C1=C(O)[C@@H]2[C@@H]3O[C@@H](C[C@H]3c3ccc(F)cc3F)[C@@H]2C1=O. The smallest absolute Gasteiger partial charge is 0.173 e. The van der Waals surface area contributed by atoms with Crippen molar-refractivity contribution >= 4 is 11.4 Å². The molecule has 0 amide bonds. The predicted molar refractivity (Wildman–Crippen MR) is 114 cm³/mol. The third-order valence-electron chi connectivity index (χ3n) is 7.30. The lowest BCUT2D eigenvalue weighted by Gasteiger charge is -2.28. The first-order valence-corrected chi connectivity index (χ1v) is 11.1. The number of rotatable bonds is 4. The molecule has 0 aromatic heterocycles. The van der Waals surface area contributed by atoms with E-state index in [0.717, 1.165) is 41.2 Å². The van der Waals surface area contributed by atoms with Gasteiger partial charge in [0.05, 0.1) is 29.6 Å². The number of ether oxygens (including phenoxy) is 1. The zero-order valence-corrected chi connectivity index (χ0v) is 17.9. The van der Waals surface area contributed by atoms with Gasteiger partial charge in [-0.1, -0.05) is 37.6 Å². The van der Waals surface area contributed by atoms with Crippen molar-refractivity contribution in [2.75, 3.05) is 0 Å². The molecule has 5 atom stereocenters. The number of hydrogen-bond donors (Lipinski definition) is 1. The molecule has 5 rings (SSSR count). The first kappa shape index (κ1) is 20.4. The molecule has 0 unspecified atom stereocenters. The number of Topliss-reactive ketones (excluding diaryl/α,β-unsaturated/α-hetero) is 1. The Hall–Kier alpha value is -2.53. The fourth-order valence-corrected chi connectivity index (χ4v) is 6.03. The van der Waals surface area contributed by atoms with Gasteiger partial charge in [-0.3, -0.25) is 4.79 Å². The summed E-state index contributed by atoms with van der Waals surface area (Å²) < 4.78 is 34.0. The molecule has 1 N–H and O–H groups in total. The van der Waals surface area contributed by atoms with Crippen LogP contribution >= 0.6 is 0 Å². The molecule has 1 aliphatic carbocycles. The third-order valence-corrected chi connectivity index (χ3v) is 7.30. The topological polar surface area (TPSA) is 46.5 Å². The van der Waals surface area contributed by atoms with E-state index in [1.165, 1.54) is 12.1 Å². The van der Waals surface area contributed by atoms with Gasteiger partial charge >= 0.3 is 0 Å². The van der Waals surface area contributed by atoms with Crippen molar-refractivity contribution in [3.63, 3.8) is 0 Å². The highest BCUT2D eigenvalue weighted by Gasteiger charge is 2.63. The molecule has 2 aromatic carbocycles. The first-order chi connectivity index (χ1) is 14.8. The Morgan fingerprint density at radius 3 is 2.35 bits per heavy atom. The minimum Gasteiger partial charge on any atom is -0.511 e. The summed E-state index contributed by atoms with van der Waals surface area (Å²) in [6, 6.07) is 7.75. The minimum absolute atomic E-state index is 0.0683. The highest BCUT2D eigenvalue weighted by atomic mass is 19.1. The van der Waals surface area contributed by atoms with Crippen LogP contribution in [0.1, 0.15) is 54.0 Å². The Kier molecular flexibility index (Phi) is 4.78. The molecule has 162 valence electrons. The van der Waals surface area contributed by atoms with E-state index >= 15 is 0 Å². The number of aryl methyl sites for hydroxylation is 3. The number of aliphatic hydroxyl groups is 1. The summed E-state index contributed by atoms with van der Waals surface area (Å²) in [6.07, 6.45) is 1.16. The van der Waals surface area contributed by atoms with Crippen LogP contribution in [0.5, 0.6) is 0 Å². The van der Waals surface area contributed by atoms with Crippen LogP contribution in [0.15, 0.2) is 36.1 Å². The Labute approximate surface area is 180 Å². The highest BCUT2D eigenvalue weighted by Crippen LogP contribution is 2.58. The second-order valence-electron chi connectivity index (χ2n) is 8.99. The molecular formula is C26H26F2O3. The molecule has 3 nitrogen and oxygen atoms in total. The highest BCUT2D eigenvalue weighted by molar-refractivity contribution is 6.26. The number of aliphatic hydroxyl groups excluding tert-OH is 1. The largest absolute Gasteiger partial charge is 0.511 e. The van der Waals surface area contributed by atoms with E-state index < -0.39 is 29.6 Å². The maximum absolute atomic E-state index is 14.5. The van der Waals surface area contributed by atoms with E-state index in [4.69, 9.17) is 4.74 Å². The number of benzene rings is 2. The summed E-state index contributed by atoms with van der Waals surface area (Å²) in [5.74, 6) is -2.45. The van der Waals surface area contributed by atoms with Crippen LogP contribution in [-0.4, -0.2) is 23.1 Å². The van der Waals surface area contributed by atoms with Crippen molar-refractivity contribution in [3.05, 3.63) is 75.5 Å². The van der Waals surface area contributed by atoms with Gasteiger partial charge in [0.1, 0.15) is 17.4 Å². The van der Waals surface area contributed by atoms with Gasteiger partial charge in [0.2, 0.25) is 0 Å². The molecule has 2 saturated heterocycles. The van der Waals surface area contributed by atoms with Crippen LogP contribution in [0.4, 0.5) is 8.78 Å². The van der Waals surface area contributed by atoms with Crippen LogP contribution < -0.4 is 0 Å². The third kappa shape index (κ3) is 2.89. The lowest BCUT2D eigenvalue weighted by Crippen LogP contribution is -2.33. The number of halogens is 2. The monoisotopic (exact) mass is 424 g/mol. The number of carbonyl (C=O) groups excluding carboxylic acids is 1. The summed E-state index contributed by atoms with van der Waals surface area (Å²) in [5.41, 5.74) is 4.92. The number of ketones is 1. The molecule has 0 radical (unpaired) electrons. The predicted octanol–water partition coefficient (Wildman–Crippen LogP) is 5.44.